The number of rotatable bonds is 5. The summed E-state index contributed by atoms with van der Waals surface area (Å²) < 4.78 is 0. The molecular weight excluding hydrogens is 136 g/mol. The lowest BCUT2D eigenvalue weighted by Gasteiger charge is -2.27. The molecule has 0 N–H and O–H groups in total. The summed E-state index contributed by atoms with van der Waals surface area (Å²) in [4.78, 5) is 0. The molecule has 0 fully saturated rings. The lowest BCUT2D eigenvalue weighted by atomic mass is 10.6. The van der Waals surface area contributed by atoms with Gasteiger partial charge in [0.2, 0.25) is 0 Å². The highest BCUT2D eigenvalue weighted by Gasteiger charge is 2.24. The molecule has 61 valence electrons. The maximum Gasteiger partial charge on any atom is 0.0527 e. The van der Waals surface area contributed by atoms with Gasteiger partial charge in [-0.3, -0.25) is 0 Å². The fraction of sp³-hybridized carbons (Fsp3) is 0.889. The van der Waals surface area contributed by atoms with Gasteiger partial charge in [-0.2, -0.15) is 0 Å². The van der Waals surface area contributed by atoms with Crippen molar-refractivity contribution >= 4 is 8.07 Å². The van der Waals surface area contributed by atoms with Crippen molar-refractivity contribution in [2.45, 2.75) is 51.4 Å². The Bertz CT molecular complexity index is 66.5. The molecule has 0 amide bonds. The summed E-state index contributed by atoms with van der Waals surface area (Å²) in [7, 11) is -0.780. The summed E-state index contributed by atoms with van der Waals surface area (Å²) in [5.74, 6) is 0. The van der Waals surface area contributed by atoms with Crippen LogP contribution in [0, 0.1) is 6.92 Å². The summed E-state index contributed by atoms with van der Waals surface area (Å²) in [6.45, 7) is 11.0. The Kier molecular flexibility index (Phi) is 5.05. The first-order valence-corrected chi connectivity index (χ1v) is 7.36. The van der Waals surface area contributed by atoms with Crippen molar-refractivity contribution in [1.82, 2.24) is 0 Å². The third-order valence-electron chi connectivity index (χ3n) is 2.96. The van der Waals surface area contributed by atoms with E-state index >= 15 is 0 Å². The predicted octanol–water partition coefficient (Wildman–Crippen LogP) is 3.72. The summed E-state index contributed by atoms with van der Waals surface area (Å²) in [5.41, 5.74) is 0. The fourth-order valence-corrected chi connectivity index (χ4v) is 4.97. The van der Waals surface area contributed by atoms with Crippen molar-refractivity contribution in [2.24, 2.45) is 0 Å². The summed E-state index contributed by atoms with van der Waals surface area (Å²) >= 11 is 0. The van der Waals surface area contributed by atoms with Crippen LogP contribution in [0.25, 0.3) is 0 Å². The summed E-state index contributed by atoms with van der Waals surface area (Å²) in [5, 5.41) is 0. The Balaban J connectivity index is 3.87. The maximum absolute atomic E-state index is 3.95. The third-order valence-corrected chi connectivity index (χ3v) is 8.87. The van der Waals surface area contributed by atoms with Crippen molar-refractivity contribution in [3.63, 3.8) is 0 Å². The Labute approximate surface area is 67.0 Å². The lowest BCUT2D eigenvalue weighted by molar-refractivity contribution is 1.05. The molecule has 0 saturated heterocycles. The van der Waals surface area contributed by atoms with Gasteiger partial charge in [-0.05, 0) is 0 Å². The molecule has 0 aromatic heterocycles. The second-order valence-corrected chi connectivity index (χ2v) is 8.79. The van der Waals surface area contributed by atoms with Crippen LogP contribution in [0.3, 0.4) is 0 Å². The van der Waals surface area contributed by atoms with Crippen LogP contribution in [0.15, 0.2) is 0 Å². The van der Waals surface area contributed by atoms with E-state index in [1.165, 1.54) is 24.2 Å². The van der Waals surface area contributed by atoms with Crippen molar-refractivity contribution in [3.05, 3.63) is 6.92 Å². The van der Waals surface area contributed by atoms with Crippen LogP contribution < -0.4 is 0 Å². The molecule has 0 saturated carbocycles. The van der Waals surface area contributed by atoms with E-state index in [2.05, 4.69) is 27.7 Å². The maximum atomic E-state index is 3.95. The molecule has 0 nitrogen and oxygen atoms in total. The van der Waals surface area contributed by atoms with E-state index in [4.69, 9.17) is 0 Å². The second kappa shape index (κ2) is 4.95. The SMILES string of the molecule is [CH2]CC[Si](CC)(CC)CC. The van der Waals surface area contributed by atoms with Crippen molar-refractivity contribution in [3.8, 4) is 0 Å². The first-order chi connectivity index (χ1) is 4.74. The first kappa shape index (κ1) is 10.2. The predicted molar refractivity (Wildman–Crippen MR) is 52.0 cm³/mol. The molecule has 1 radical (unpaired) electrons. The molecule has 0 rings (SSSR count). The van der Waals surface area contributed by atoms with Gasteiger partial charge in [0.05, 0.1) is 8.07 Å². The number of hydrogen-bond acceptors (Lipinski definition) is 0. The van der Waals surface area contributed by atoms with Crippen LogP contribution in [0.1, 0.15) is 27.2 Å². The molecule has 0 aliphatic rings. The largest absolute Gasteiger partial charge is 0.0678 e. The van der Waals surface area contributed by atoms with E-state index in [0.29, 0.717) is 0 Å². The second-order valence-electron chi connectivity index (χ2n) is 3.16. The van der Waals surface area contributed by atoms with Gasteiger partial charge in [0, 0.05) is 0 Å². The van der Waals surface area contributed by atoms with Gasteiger partial charge in [-0.1, -0.05) is 58.3 Å². The van der Waals surface area contributed by atoms with Gasteiger partial charge >= 0.3 is 0 Å². The van der Waals surface area contributed by atoms with Gasteiger partial charge in [0.1, 0.15) is 0 Å². The van der Waals surface area contributed by atoms with Crippen LogP contribution in [0.4, 0.5) is 0 Å². The van der Waals surface area contributed by atoms with Gasteiger partial charge < -0.3 is 0 Å². The van der Waals surface area contributed by atoms with Crippen molar-refractivity contribution in [1.29, 1.82) is 0 Å². The van der Waals surface area contributed by atoms with E-state index in [9.17, 15) is 0 Å². The van der Waals surface area contributed by atoms with Crippen LogP contribution in [0.2, 0.25) is 24.2 Å². The van der Waals surface area contributed by atoms with Gasteiger partial charge in [-0.25, -0.2) is 0 Å². The zero-order valence-corrected chi connectivity index (χ0v) is 8.74. The monoisotopic (exact) mass is 157 g/mol. The average Bonchev–Trinajstić information content (AvgIpc) is 2.01. The van der Waals surface area contributed by atoms with Gasteiger partial charge in [-0.15, -0.1) is 0 Å². The molecule has 1 heteroatoms. The highest BCUT2D eigenvalue weighted by atomic mass is 28.3. The van der Waals surface area contributed by atoms with Gasteiger partial charge in [0.15, 0.2) is 0 Å². The van der Waals surface area contributed by atoms with E-state index in [1.807, 2.05) is 0 Å². The highest BCUT2D eigenvalue weighted by molar-refractivity contribution is 6.79. The highest BCUT2D eigenvalue weighted by Crippen LogP contribution is 2.25. The molecular formula is C9H21Si. The zero-order valence-electron chi connectivity index (χ0n) is 7.74. The van der Waals surface area contributed by atoms with Crippen LogP contribution >= 0.6 is 0 Å². The van der Waals surface area contributed by atoms with Crippen molar-refractivity contribution < 1.29 is 0 Å². The molecule has 0 spiro atoms. The smallest absolute Gasteiger partial charge is 0.0527 e. The van der Waals surface area contributed by atoms with E-state index in [1.54, 1.807) is 0 Å². The van der Waals surface area contributed by atoms with Crippen LogP contribution in [-0.4, -0.2) is 8.07 Å². The van der Waals surface area contributed by atoms with E-state index < -0.39 is 8.07 Å². The molecule has 0 aliphatic carbocycles. The molecule has 0 aromatic carbocycles. The molecule has 0 bridgehead atoms. The van der Waals surface area contributed by atoms with Gasteiger partial charge in [0.25, 0.3) is 0 Å². The topological polar surface area (TPSA) is 0 Å². The minimum Gasteiger partial charge on any atom is -0.0678 e. The molecule has 10 heavy (non-hydrogen) atoms. The molecule has 0 atom stereocenters. The Hall–Kier alpha value is 0.217. The Morgan fingerprint density at radius 2 is 1.40 bits per heavy atom. The quantitative estimate of drug-likeness (QED) is 0.534. The normalized spacial score (nSPS) is 12.0. The van der Waals surface area contributed by atoms with Crippen LogP contribution in [0.5, 0.6) is 0 Å². The minimum atomic E-state index is -0.780. The zero-order chi connectivity index (χ0) is 8.04. The standard InChI is InChI=1S/C9H21Si/c1-5-9-10(6-2,7-3)8-4/h1,5-9H2,2-4H3. The molecule has 0 aromatic rings. The average molecular weight is 157 g/mol. The Morgan fingerprint density at radius 1 is 1.00 bits per heavy atom. The van der Waals surface area contributed by atoms with Crippen LogP contribution in [-0.2, 0) is 0 Å². The molecule has 0 aliphatic heterocycles. The fourth-order valence-electron chi connectivity index (χ4n) is 1.66. The lowest BCUT2D eigenvalue weighted by Crippen LogP contribution is -2.30. The third kappa shape index (κ3) is 2.45. The Morgan fingerprint density at radius 3 is 1.50 bits per heavy atom. The van der Waals surface area contributed by atoms with E-state index in [-0.39, 0.29) is 0 Å². The summed E-state index contributed by atoms with van der Waals surface area (Å²) in [6, 6.07) is 5.80. The van der Waals surface area contributed by atoms with Crippen molar-refractivity contribution in [2.75, 3.05) is 0 Å². The molecule has 0 heterocycles. The minimum absolute atomic E-state index is 0.780. The summed E-state index contributed by atoms with van der Waals surface area (Å²) in [6.07, 6.45) is 1.15. The number of hydrogen-bond donors (Lipinski definition) is 0. The van der Waals surface area contributed by atoms with E-state index in [0.717, 1.165) is 6.42 Å². The first-order valence-electron chi connectivity index (χ1n) is 4.54. The molecule has 0 unspecified atom stereocenters.